The van der Waals surface area contributed by atoms with Crippen LogP contribution in [0.5, 0.6) is 0 Å². The van der Waals surface area contributed by atoms with E-state index in [1.165, 1.54) is 0 Å². The third-order valence-electron chi connectivity index (χ3n) is 4.11. The summed E-state index contributed by atoms with van der Waals surface area (Å²) in [6.45, 7) is 4.99. The van der Waals surface area contributed by atoms with Crippen LogP contribution in [0.2, 0.25) is 0 Å². The van der Waals surface area contributed by atoms with Gasteiger partial charge in [0, 0.05) is 13.1 Å². The Kier molecular flexibility index (Phi) is 6.46. The Morgan fingerprint density at radius 1 is 1.15 bits per heavy atom. The standard InChI is InChI=1S/C15H27NO4/c1-3-7-15(20,8-4-2)11-13(17)16-9-5-12(6-10-16)14(18)19/h12,20H,3-11H2,1-2H3,(H,18,19). The van der Waals surface area contributed by atoms with Crippen LogP contribution in [0, 0.1) is 5.92 Å². The first-order valence-electron chi connectivity index (χ1n) is 7.65. The molecule has 1 fully saturated rings. The summed E-state index contributed by atoms with van der Waals surface area (Å²) in [4.78, 5) is 24.8. The number of nitrogens with zero attached hydrogens (tertiary/aromatic N) is 1. The topological polar surface area (TPSA) is 77.8 Å². The number of aliphatic carboxylic acids is 1. The molecule has 0 radical (unpaired) electrons. The highest BCUT2D eigenvalue weighted by Gasteiger charge is 2.33. The second-order valence-corrected chi connectivity index (χ2v) is 5.89. The lowest BCUT2D eigenvalue weighted by Gasteiger charge is -2.34. The number of rotatable bonds is 7. The van der Waals surface area contributed by atoms with E-state index in [1.54, 1.807) is 4.90 Å². The zero-order chi connectivity index (χ0) is 15.2. The summed E-state index contributed by atoms with van der Waals surface area (Å²) in [6, 6.07) is 0. The van der Waals surface area contributed by atoms with Crippen LogP contribution in [-0.2, 0) is 9.59 Å². The van der Waals surface area contributed by atoms with E-state index in [0.29, 0.717) is 38.8 Å². The van der Waals surface area contributed by atoms with Gasteiger partial charge in [-0.3, -0.25) is 9.59 Å². The van der Waals surface area contributed by atoms with Crippen LogP contribution in [0.4, 0.5) is 0 Å². The van der Waals surface area contributed by atoms with E-state index in [1.807, 2.05) is 13.8 Å². The van der Waals surface area contributed by atoms with Crippen molar-refractivity contribution >= 4 is 11.9 Å². The molecule has 0 aromatic carbocycles. The summed E-state index contributed by atoms with van der Waals surface area (Å²) in [6.07, 6.45) is 4.17. The molecule has 0 aromatic heterocycles. The number of likely N-dealkylation sites (tertiary alicyclic amines) is 1. The van der Waals surface area contributed by atoms with Crippen molar-refractivity contribution in [1.29, 1.82) is 0 Å². The first kappa shape index (κ1) is 17.0. The minimum absolute atomic E-state index is 0.0433. The summed E-state index contributed by atoms with van der Waals surface area (Å²) in [5.41, 5.74) is -0.899. The maximum atomic E-state index is 12.3. The number of carbonyl (C=O) groups excluding carboxylic acids is 1. The van der Waals surface area contributed by atoms with Crippen molar-refractivity contribution in [3.05, 3.63) is 0 Å². The lowest BCUT2D eigenvalue weighted by atomic mass is 9.88. The van der Waals surface area contributed by atoms with E-state index in [4.69, 9.17) is 5.11 Å². The molecule has 0 unspecified atom stereocenters. The van der Waals surface area contributed by atoms with Crippen LogP contribution in [0.3, 0.4) is 0 Å². The second kappa shape index (κ2) is 7.62. The number of carbonyl (C=O) groups is 2. The lowest BCUT2D eigenvalue weighted by molar-refractivity contribution is -0.147. The van der Waals surface area contributed by atoms with Gasteiger partial charge < -0.3 is 15.1 Å². The quantitative estimate of drug-likeness (QED) is 0.750. The first-order chi connectivity index (χ1) is 9.41. The van der Waals surface area contributed by atoms with Crippen LogP contribution in [0.1, 0.15) is 58.8 Å². The van der Waals surface area contributed by atoms with Crippen molar-refractivity contribution in [2.24, 2.45) is 5.92 Å². The highest BCUT2D eigenvalue weighted by molar-refractivity contribution is 5.78. The van der Waals surface area contributed by atoms with E-state index in [-0.39, 0.29) is 18.2 Å². The molecular weight excluding hydrogens is 258 g/mol. The fourth-order valence-corrected chi connectivity index (χ4v) is 3.00. The molecule has 1 rings (SSSR count). The number of hydrogen-bond acceptors (Lipinski definition) is 3. The number of piperidine rings is 1. The Hall–Kier alpha value is -1.10. The highest BCUT2D eigenvalue weighted by atomic mass is 16.4. The highest BCUT2D eigenvalue weighted by Crippen LogP contribution is 2.26. The van der Waals surface area contributed by atoms with Crippen molar-refractivity contribution in [1.82, 2.24) is 4.90 Å². The molecule has 2 N–H and O–H groups in total. The van der Waals surface area contributed by atoms with Gasteiger partial charge in [-0.25, -0.2) is 0 Å². The van der Waals surface area contributed by atoms with Crippen molar-refractivity contribution in [2.45, 2.75) is 64.4 Å². The van der Waals surface area contributed by atoms with Crippen molar-refractivity contribution in [3.63, 3.8) is 0 Å². The first-order valence-corrected chi connectivity index (χ1v) is 7.65. The van der Waals surface area contributed by atoms with Gasteiger partial charge in [0.25, 0.3) is 0 Å². The van der Waals surface area contributed by atoms with E-state index in [0.717, 1.165) is 12.8 Å². The monoisotopic (exact) mass is 285 g/mol. The molecule has 1 saturated heterocycles. The molecule has 1 amide bonds. The molecule has 0 atom stereocenters. The Bertz CT molecular complexity index is 329. The molecule has 0 aliphatic carbocycles. The van der Waals surface area contributed by atoms with Crippen molar-refractivity contribution in [2.75, 3.05) is 13.1 Å². The summed E-state index contributed by atoms with van der Waals surface area (Å²) >= 11 is 0. The predicted octanol–water partition coefficient (Wildman–Crippen LogP) is 2.03. The maximum Gasteiger partial charge on any atom is 0.306 e. The van der Waals surface area contributed by atoms with Crippen LogP contribution in [0.15, 0.2) is 0 Å². The average Bonchev–Trinajstić information content (AvgIpc) is 2.39. The number of amides is 1. The number of carboxylic acid groups (broad SMARTS) is 1. The molecule has 1 aliphatic heterocycles. The van der Waals surface area contributed by atoms with Crippen LogP contribution >= 0.6 is 0 Å². The average molecular weight is 285 g/mol. The third-order valence-corrected chi connectivity index (χ3v) is 4.11. The van der Waals surface area contributed by atoms with E-state index >= 15 is 0 Å². The van der Waals surface area contributed by atoms with E-state index in [2.05, 4.69) is 0 Å². The Balaban J connectivity index is 2.52. The molecule has 0 saturated carbocycles. The fourth-order valence-electron chi connectivity index (χ4n) is 3.00. The molecular formula is C15H27NO4. The van der Waals surface area contributed by atoms with E-state index in [9.17, 15) is 14.7 Å². The molecule has 1 aliphatic rings. The minimum Gasteiger partial charge on any atom is -0.481 e. The van der Waals surface area contributed by atoms with Gasteiger partial charge >= 0.3 is 5.97 Å². The zero-order valence-electron chi connectivity index (χ0n) is 12.6. The lowest BCUT2D eigenvalue weighted by Crippen LogP contribution is -2.44. The van der Waals surface area contributed by atoms with Gasteiger partial charge in [0.15, 0.2) is 0 Å². The van der Waals surface area contributed by atoms with Crippen LogP contribution in [-0.4, -0.2) is 45.7 Å². The number of hydrogen-bond donors (Lipinski definition) is 2. The molecule has 116 valence electrons. The number of aliphatic hydroxyl groups is 1. The Morgan fingerprint density at radius 2 is 1.65 bits per heavy atom. The largest absolute Gasteiger partial charge is 0.481 e. The zero-order valence-corrected chi connectivity index (χ0v) is 12.6. The Morgan fingerprint density at radius 3 is 2.05 bits per heavy atom. The van der Waals surface area contributed by atoms with Crippen LogP contribution < -0.4 is 0 Å². The normalized spacial score (nSPS) is 17.2. The smallest absolute Gasteiger partial charge is 0.306 e. The summed E-state index contributed by atoms with van der Waals surface area (Å²) < 4.78 is 0. The minimum atomic E-state index is -0.899. The van der Waals surface area contributed by atoms with Crippen LogP contribution in [0.25, 0.3) is 0 Å². The number of carboxylic acids is 1. The van der Waals surface area contributed by atoms with Gasteiger partial charge in [0.2, 0.25) is 5.91 Å². The molecule has 0 spiro atoms. The van der Waals surface area contributed by atoms with Gasteiger partial charge in [-0.2, -0.15) is 0 Å². The fraction of sp³-hybridized carbons (Fsp3) is 0.867. The van der Waals surface area contributed by atoms with Gasteiger partial charge in [-0.05, 0) is 25.7 Å². The molecule has 0 aromatic rings. The van der Waals surface area contributed by atoms with E-state index < -0.39 is 11.6 Å². The van der Waals surface area contributed by atoms with Gasteiger partial charge in [0.05, 0.1) is 17.9 Å². The second-order valence-electron chi connectivity index (χ2n) is 5.89. The van der Waals surface area contributed by atoms with Gasteiger partial charge in [-0.1, -0.05) is 26.7 Å². The SMILES string of the molecule is CCCC(O)(CCC)CC(=O)N1CCC(C(=O)O)CC1. The Labute approximate surface area is 121 Å². The predicted molar refractivity (Wildman–Crippen MR) is 76.3 cm³/mol. The van der Waals surface area contributed by atoms with Gasteiger partial charge in [-0.15, -0.1) is 0 Å². The van der Waals surface area contributed by atoms with Crippen molar-refractivity contribution < 1.29 is 19.8 Å². The molecule has 20 heavy (non-hydrogen) atoms. The third kappa shape index (κ3) is 4.78. The molecule has 1 heterocycles. The summed E-state index contributed by atoms with van der Waals surface area (Å²) in [7, 11) is 0. The molecule has 5 nitrogen and oxygen atoms in total. The van der Waals surface area contributed by atoms with Gasteiger partial charge in [0.1, 0.15) is 0 Å². The molecule has 0 bridgehead atoms. The molecule has 5 heteroatoms. The summed E-state index contributed by atoms with van der Waals surface area (Å²) in [5.74, 6) is -1.15. The summed E-state index contributed by atoms with van der Waals surface area (Å²) in [5, 5.41) is 19.5. The van der Waals surface area contributed by atoms with Crippen molar-refractivity contribution in [3.8, 4) is 0 Å². The maximum absolute atomic E-state index is 12.3.